The Balaban J connectivity index is 1.31. The molecule has 2 saturated carbocycles. The van der Waals surface area contributed by atoms with Crippen molar-refractivity contribution < 1.29 is 14.3 Å². The van der Waals surface area contributed by atoms with Gasteiger partial charge in [0.15, 0.2) is 17.1 Å². The van der Waals surface area contributed by atoms with Crippen molar-refractivity contribution in [2.75, 3.05) is 12.4 Å². The number of carbonyl (C=O) groups excluding carboxylic acids is 1. The van der Waals surface area contributed by atoms with E-state index in [0.29, 0.717) is 58.1 Å². The quantitative estimate of drug-likeness (QED) is 0.367. The summed E-state index contributed by atoms with van der Waals surface area (Å²) >= 11 is 0. The van der Waals surface area contributed by atoms with Crippen molar-refractivity contribution in [1.82, 2.24) is 24.1 Å². The van der Waals surface area contributed by atoms with Crippen LogP contribution in [0.25, 0.3) is 11.2 Å². The topological polar surface area (TPSA) is 113 Å². The summed E-state index contributed by atoms with van der Waals surface area (Å²) in [5, 5.41) is 3.20. The fourth-order valence-corrected chi connectivity index (χ4v) is 4.56. The number of ketones is 1. The second-order valence-corrected chi connectivity index (χ2v) is 9.83. The lowest BCUT2D eigenvalue weighted by Gasteiger charge is -2.13. The standard InChI is InChI=1S/C27H28N6O4/c1-32-14-17(15-4-5-15)10-20(26(32)35)30-27-31-25-23(33(27)2)24(36-3)22(13-29-25)37-19-8-9-28-18(11-19)12-21(34)16-6-7-16/h8-11,13-16H,4-7,12H2,1-3H3,(H,29,30,31). The van der Waals surface area contributed by atoms with Gasteiger partial charge in [-0.15, -0.1) is 0 Å². The molecule has 4 aromatic heterocycles. The van der Waals surface area contributed by atoms with Crippen LogP contribution in [0.15, 0.2) is 41.6 Å². The summed E-state index contributed by atoms with van der Waals surface area (Å²) in [6.07, 6.45) is 9.62. The number of fused-ring (bicyclic) bond motifs is 1. The molecular formula is C27H28N6O4. The van der Waals surface area contributed by atoms with Gasteiger partial charge in [0.2, 0.25) is 5.95 Å². The number of Topliss-reactive ketones (excluding diaryl/α,β-unsaturated/α-hetero) is 1. The van der Waals surface area contributed by atoms with Gasteiger partial charge in [-0.1, -0.05) is 0 Å². The lowest BCUT2D eigenvalue weighted by molar-refractivity contribution is -0.119. The van der Waals surface area contributed by atoms with E-state index in [1.165, 1.54) is 0 Å². The molecule has 0 saturated heterocycles. The highest BCUT2D eigenvalue weighted by atomic mass is 16.5. The number of nitrogens with zero attached hydrogens (tertiary/aromatic N) is 5. The van der Waals surface area contributed by atoms with E-state index >= 15 is 0 Å². The highest BCUT2D eigenvalue weighted by Gasteiger charge is 2.29. The molecule has 0 aromatic carbocycles. The molecule has 4 aromatic rings. The second kappa shape index (κ2) is 9.02. The third-order valence-electron chi connectivity index (χ3n) is 6.93. The molecule has 0 atom stereocenters. The summed E-state index contributed by atoms with van der Waals surface area (Å²) in [5.41, 5.74) is 3.22. The van der Waals surface area contributed by atoms with Crippen LogP contribution >= 0.6 is 0 Å². The molecule has 0 unspecified atom stereocenters. The van der Waals surface area contributed by atoms with Gasteiger partial charge in [0, 0.05) is 44.9 Å². The number of rotatable bonds is 9. The van der Waals surface area contributed by atoms with Gasteiger partial charge in [-0.25, -0.2) is 4.98 Å². The maximum absolute atomic E-state index is 12.8. The number of aryl methyl sites for hydroxylation is 2. The van der Waals surface area contributed by atoms with Gasteiger partial charge >= 0.3 is 0 Å². The van der Waals surface area contributed by atoms with Crippen LogP contribution < -0.4 is 20.3 Å². The summed E-state index contributed by atoms with van der Waals surface area (Å²) in [6.45, 7) is 0. The van der Waals surface area contributed by atoms with Gasteiger partial charge in [-0.2, -0.15) is 4.98 Å². The van der Waals surface area contributed by atoms with E-state index in [9.17, 15) is 9.59 Å². The highest BCUT2D eigenvalue weighted by Crippen LogP contribution is 2.41. The van der Waals surface area contributed by atoms with E-state index in [2.05, 4.69) is 20.3 Å². The van der Waals surface area contributed by atoms with Crippen molar-refractivity contribution in [3.05, 3.63) is 58.4 Å². The number of imidazole rings is 1. The van der Waals surface area contributed by atoms with Crippen LogP contribution in [-0.4, -0.2) is 37.0 Å². The molecular weight excluding hydrogens is 472 g/mol. The van der Waals surface area contributed by atoms with E-state index in [1.807, 2.05) is 19.3 Å². The highest BCUT2D eigenvalue weighted by molar-refractivity contribution is 5.85. The third kappa shape index (κ3) is 4.54. The third-order valence-corrected chi connectivity index (χ3v) is 6.93. The predicted octanol–water partition coefficient (Wildman–Crippen LogP) is 4.01. The molecule has 0 amide bonds. The lowest BCUT2D eigenvalue weighted by Crippen LogP contribution is -2.20. The van der Waals surface area contributed by atoms with Crippen LogP contribution in [0.1, 0.15) is 42.9 Å². The van der Waals surface area contributed by atoms with Gasteiger partial charge in [-0.05, 0) is 49.3 Å². The van der Waals surface area contributed by atoms with Gasteiger partial charge in [0.25, 0.3) is 5.56 Å². The number of ether oxygens (including phenoxy) is 2. The number of nitrogens with one attached hydrogen (secondary N) is 1. The summed E-state index contributed by atoms with van der Waals surface area (Å²) in [4.78, 5) is 38.4. The smallest absolute Gasteiger partial charge is 0.274 e. The molecule has 2 fully saturated rings. The fourth-order valence-electron chi connectivity index (χ4n) is 4.56. The Kier molecular flexibility index (Phi) is 5.66. The number of anilines is 2. The zero-order valence-corrected chi connectivity index (χ0v) is 21.0. The van der Waals surface area contributed by atoms with Crippen molar-refractivity contribution in [3.63, 3.8) is 0 Å². The van der Waals surface area contributed by atoms with Crippen LogP contribution in [0.3, 0.4) is 0 Å². The predicted molar refractivity (Wildman–Crippen MR) is 138 cm³/mol. The van der Waals surface area contributed by atoms with Crippen LogP contribution in [0.2, 0.25) is 0 Å². The van der Waals surface area contributed by atoms with E-state index in [4.69, 9.17) is 9.47 Å². The summed E-state index contributed by atoms with van der Waals surface area (Å²) in [5.74, 6) is 2.78. The van der Waals surface area contributed by atoms with E-state index in [-0.39, 0.29) is 17.3 Å². The normalized spacial score (nSPS) is 15.1. The molecule has 37 heavy (non-hydrogen) atoms. The largest absolute Gasteiger partial charge is 0.491 e. The van der Waals surface area contributed by atoms with Crippen molar-refractivity contribution in [2.45, 2.75) is 38.0 Å². The summed E-state index contributed by atoms with van der Waals surface area (Å²) in [6, 6.07) is 5.41. The molecule has 2 aliphatic carbocycles. The molecule has 2 aliphatic rings. The van der Waals surface area contributed by atoms with Crippen molar-refractivity contribution in [3.8, 4) is 17.2 Å². The molecule has 6 rings (SSSR count). The van der Waals surface area contributed by atoms with Crippen LogP contribution in [-0.2, 0) is 25.3 Å². The molecule has 190 valence electrons. The number of aromatic nitrogens is 5. The minimum absolute atomic E-state index is 0.130. The van der Waals surface area contributed by atoms with Crippen molar-refractivity contribution in [2.24, 2.45) is 20.0 Å². The Bertz CT molecular complexity index is 1580. The molecule has 10 heteroatoms. The van der Waals surface area contributed by atoms with Gasteiger partial charge < -0.3 is 23.9 Å². The van der Waals surface area contributed by atoms with E-state index in [1.54, 1.807) is 47.8 Å². The first-order chi connectivity index (χ1) is 17.9. The maximum Gasteiger partial charge on any atom is 0.274 e. The monoisotopic (exact) mass is 500 g/mol. The molecule has 0 spiro atoms. The molecule has 4 heterocycles. The number of carbonyl (C=O) groups is 1. The number of pyridine rings is 3. The van der Waals surface area contributed by atoms with Crippen LogP contribution in [0.5, 0.6) is 17.2 Å². The first-order valence-corrected chi connectivity index (χ1v) is 12.4. The number of methoxy groups -OCH3 is 1. The first kappa shape index (κ1) is 23.2. The summed E-state index contributed by atoms with van der Waals surface area (Å²) < 4.78 is 15.2. The average Bonchev–Trinajstić information content (AvgIpc) is 3.80. The maximum atomic E-state index is 12.8. The SMILES string of the molecule is COc1c(Oc2ccnc(CC(=O)C3CC3)c2)cnc2nc(Nc3cc(C4CC4)cn(C)c3=O)n(C)c12. The second-order valence-electron chi connectivity index (χ2n) is 9.83. The zero-order valence-electron chi connectivity index (χ0n) is 21.0. The Hall–Kier alpha value is -4.21. The fraction of sp³-hybridized carbons (Fsp3) is 0.370. The lowest BCUT2D eigenvalue weighted by atomic mass is 10.1. The molecule has 0 aliphatic heterocycles. The minimum atomic E-state index is -0.130. The Labute approximate surface area is 213 Å². The molecule has 10 nitrogen and oxygen atoms in total. The van der Waals surface area contributed by atoms with E-state index < -0.39 is 0 Å². The van der Waals surface area contributed by atoms with E-state index in [0.717, 1.165) is 31.2 Å². The first-order valence-electron chi connectivity index (χ1n) is 12.4. The molecule has 0 bridgehead atoms. The average molecular weight is 501 g/mol. The van der Waals surface area contributed by atoms with Crippen molar-refractivity contribution in [1.29, 1.82) is 0 Å². The van der Waals surface area contributed by atoms with Crippen LogP contribution in [0, 0.1) is 5.92 Å². The minimum Gasteiger partial charge on any atom is -0.491 e. The van der Waals surface area contributed by atoms with Gasteiger partial charge in [0.05, 0.1) is 19.0 Å². The Morgan fingerprint density at radius 3 is 2.70 bits per heavy atom. The summed E-state index contributed by atoms with van der Waals surface area (Å²) in [7, 11) is 5.15. The number of hydrogen-bond donors (Lipinski definition) is 1. The van der Waals surface area contributed by atoms with Gasteiger partial charge in [-0.3, -0.25) is 14.6 Å². The Morgan fingerprint density at radius 2 is 1.97 bits per heavy atom. The Morgan fingerprint density at radius 1 is 1.16 bits per heavy atom. The number of hydrogen-bond acceptors (Lipinski definition) is 8. The van der Waals surface area contributed by atoms with Crippen molar-refractivity contribution >= 4 is 28.6 Å². The zero-order chi connectivity index (χ0) is 25.7. The van der Waals surface area contributed by atoms with Crippen LogP contribution in [0.4, 0.5) is 11.6 Å². The molecule has 1 N–H and O–H groups in total. The molecule has 0 radical (unpaired) electrons. The van der Waals surface area contributed by atoms with Gasteiger partial charge in [0.1, 0.15) is 22.7 Å².